The second-order valence-corrected chi connectivity index (χ2v) is 6.98. The van der Waals surface area contributed by atoms with Gasteiger partial charge in [-0.2, -0.15) is 69.5 Å². The molecular weight excluding hydrogens is 474 g/mol. The lowest BCUT2D eigenvalue weighted by Gasteiger charge is -2.24. The minimum Gasteiger partial charge on any atom is -0.234 e. The van der Waals surface area contributed by atoms with Crippen molar-refractivity contribution in [3.05, 3.63) is 0 Å². The molecule has 0 fully saturated rings. The fraction of sp³-hybridized carbons (Fsp3) is 1.00. The summed E-state index contributed by atoms with van der Waals surface area (Å²) < 4.78 is 193. The Labute approximate surface area is 140 Å². The zero-order valence-electron chi connectivity index (χ0n) is 11.5. The van der Waals surface area contributed by atoms with Crippen LogP contribution in [0.5, 0.6) is 0 Å². The summed E-state index contributed by atoms with van der Waals surface area (Å²) in [7, 11) is -13.6. The Morgan fingerprint density at radius 2 is 0.704 bits per heavy atom. The van der Waals surface area contributed by atoms with Crippen molar-refractivity contribution in [2.75, 3.05) is 0 Å². The zero-order valence-corrected chi connectivity index (χ0v) is 13.1. The molecule has 0 aliphatic rings. The number of nitrogens with one attached hydrogen (secondary N) is 1. The molecule has 0 aliphatic carbocycles. The van der Waals surface area contributed by atoms with Crippen molar-refractivity contribution in [2.45, 2.75) is 36.9 Å². The highest BCUT2D eigenvalue weighted by Gasteiger charge is 2.62. The molecule has 0 rings (SSSR count). The van der Waals surface area contributed by atoms with Gasteiger partial charge in [0.15, 0.2) is 0 Å². The van der Waals surface area contributed by atoms with Gasteiger partial charge >= 0.3 is 45.3 Å². The van der Waals surface area contributed by atoms with Crippen LogP contribution in [-0.2, 0) is 29.0 Å². The molecule has 0 atom stereocenters. The van der Waals surface area contributed by atoms with Gasteiger partial charge in [0.25, 0.3) is 12.2 Å². The minimum atomic E-state index is -6.78. The van der Waals surface area contributed by atoms with Crippen LogP contribution in [0.2, 0.25) is 0 Å². The lowest BCUT2D eigenvalue weighted by atomic mass is 10.3. The van der Waals surface area contributed by atoms with Crippen molar-refractivity contribution in [3.8, 4) is 0 Å². The third-order valence-electron chi connectivity index (χ3n) is 1.84. The average molecular weight is 477 g/mol. The summed E-state index contributed by atoms with van der Waals surface area (Å²) in [6.07, 6.45) is -36.5. The average Bonchev–Trinajstić information content (AvgIpc) is 2.26. The molecule has 0 heterocycles. The highest BCUT2D eigenvalue weighted by molar-refractivity contribution is 8.00. The molecular formula is C6H3F12NO6S2. The lowest BCUT2D eigenvalue weighted by molar-refractivity contribution is -0.299. The van der Waals surface area contributed by atoms with E-state index >= 15 is 0 Å². The van der Waals surface area contributed by atoms with E-state index in [4.69, 9.17) is 0 Å². The fourth-order valence-electron chi connectivity index (χ4n) is 1.01. The van der Waals surface area contributed by atoms with Crippen LogP contribution in [0.3, 0.4) is 0 Å². The SMILES string of the molecule is O=S(=O)(NS(=O)(=O)OC(C(F)(F)F)C(F)(F)F)OC(C(F)(F)F)C(F)(F)F. The van der Waals surface area contributed by atoms with Gasteiger partial charge in [-0.05, 0) is 0 Å². The Hall–Kier alpha value is -1.06. The van der Waals surface area contributed by atoms with Crippen LogP contribution in [0.15, 0.2) is 0 Å². The van der Waals surface area contributed by atoms with Crippen molar-refractivity contribution in [3.63, 3.8) is 0 Å². The van der Waals surface area contributed by atoms with Crippen molar-refractivity contribution < 1.29 is 77.9 Å². The predicted molar refractivity (Wildman–Crippen MR) is 54.9 cm³/mol. The van der Waals surface area contributed by atoms with Crippen LogP contribution < -0.4 is 4.13 Å². The van der Waals surface area contributed by atoms with Gasteiger partial charge in [0, 0.05) is 0 Å². The molecule has 0 amide bonds. The van der Waals surface area contributed by atoms with E-state index in [2.05, 4.69) is 8.37 Å². The van der Waals surface area contributed by atoms with Gasteiger partial charge < -0.3 is 0 Å². The molecule has 0 spiro atoms. The molecule has 0 bridgehead atoms. The quantitative estimate of drug-likeness (QED) is 0.589. The second kappa shape index (κ2) is 7.40. The zero-order chi connectivity index (χ0) is 22.3. The molecule has 0 radical (unpaired) electrons. The van der Waals surface area contributed by atoms with E-state index in [1.165, 1.54) is 0 Å². The first-order valence-corrected chi connectivity index (χ1v) is 8.12. The number of halogens is 12. The van der Waals surface area contributed by atoms with Gasteiger partial charge in [-0.15, -0.1) is 0 Å². The summed E-state index contributed by atoms with van der Waals surface area (Å²) in [5.74, 6) is 0. The molecule has 0 aromatic carbocycles. The van der Waals surface area contributed by atoms with Crippen LogP contribution in [-0.4, -0.2) is 53.7 Å². The summed E-state index contributed by atoms with van der Waals surface area (Å²) in [4.78, 5) is 0. The Morgan fingerprint density at radius 1 is 0.519 bits per heavy atom. The molecule has 7 nitrogen and oxygen atoms in total. The van der Waals surface area contributed by atoms with Crippen LogP contribution >= 0.6 is 0 Å². The van der Waals surface area contributed by atoms with Gasteiger partial charge in [-0.1, -0.05) is 4.13 Å². The highest BCUT2D eigenvalue weighted by Crippen LogP contribution is 2.38. The third-order valence-corrected chi connectivity index (χ3v) is 4.36. The van der Waals surface area contributed by atoms with Gasteiger partial charge in [-0.3, -0.25) is 0 Å². The van der Waals surface area contributed by atoms with E-state index in [0.717, 1.165) is 0 Å². The second-order valence-electron chi connectivity index (χ2n) is 4.11. The van der Waals surface area contributed by atoms with Crippen LogP contribution in [0, 0.1) is 0 Å². The summed E-state index contributed by atoms with van der Waals surface area (Å²) >= 11 is 0. The first-order valence-electron chi connectivity index (χ1n) is 5.30. The normalized spacial score (nSPS) is 15.6. The molecule has 0 aliphatic heterocycles. The molecule has 0 saturated heterocycles. The molecule has 164 valence electrons. The summed E-state index contributed by atoms with van der Waals surface area (Å²) in [6.45, 7) is 0. The van der Waals surface area contributed by atoms with E-state index in [1.807, 2.05) is 0 Å². The minimum absolute atomic E-state index is 0.418. The highest BCUT2D eigenvalue weighted by atomic mass is 32.3. The fourth-order valence-corrected chi connectivity index (χ4v) is 3.26. The molecule has 1 N–H and O–H groups in total. The van der Waals surface area contributed by atoms with Gasteiger partial charge in [0.2, 0.25) is 0 Å². The maximum Gasteiger partial charge on any atom is 0.425 e. The Bertz CT molecular complexity index is 625. The van der Waals surface area contributed by atoms with Crippen molar-refractivity contribution in [1.29, 1.82) is 0 Å². The van der Waals surface area contributed by atoms with Crippen molar-refractivity contribution >= 4 is 20.6 Å². The number of hydrogen-bond donors (Lipinski definition) is 1. The van der Waals surface area contributed by atoms with Crippen LogP contribution in [0.1, 0.15) is 0 Å². The number of alkyl halides is 12. The molecule has 0 aromatic heterocycles. The largest absolute Gasteiger partial charge is 0.425 e. The Morgan fingerprint density at radius 3 is 0.852 bits per heavy atom. The summed E-state index contributed by atoms with van der Waals surface area (Å²) in [6, 6.07) is 0. The maximum absolute atomic E-state index is 12.1. The van der Waals surface area contributed by atoms with Gasteiger partial charge in [0.05, 0.1) is 0 Å². The van der Waals surface area contributed by atoms with Crippen LogP contribution in [0.4, 0.5) is 52.7 Å². The topological polar surface area (TPSA) is 98.8 Å². The molecule has 21 heteroatoms. The van der Waals surface area contributed by atoms with Crippen molar-refractivity contribution in [1.82, 2.24) is 4.13 Å². The van der Waals surface area contributed by atoms with E-state index < -0.39 is 61.6 Å². The van der Waals surface area contributed by atoms with E-state index in [-0.39, 0.29) is 0 Å². The first-order chi connectivity index (χ1) is 11.4. The molecule has 0 saturated carbocycles. The van der Waals surface area contributed by atoms with Crippen molar-refractivity contribution in [2.24, 2.45) is 0 Å². The first kappa shape index (κ1) is 25.9. The molecule has 0 aromatic rings. The molecule has 0 unspecified atom stereocenters. The number of hydrogen-bond acceptors (Lipinski definition) is 6. The smallest absolute Gasteiger partial charge is 0.234 e. The monoisotopic (exact) mass is 477 g/mol. The lowest BCUT2D eigenvalue weighted by Crippen LogP contribution is -2.50. The Kier molecular flexibility index (Phi) is 7.11. The predicted octanol–water partition coefficient (Wildman–Crippen LogP) is 2.09. The summed E-state index contributed by atoms with van der Waals surface area (Å²) in [5.41, 5.74) is 0. The van der Waals surface area contributed by atoms with Crippen LogP contribution in [0.25, 0.3) is 0 Å². The van der Waals surface area contributed by atoms with E-state index in [0.29, 0.717) is 0 Å². The Balaban J connectivity index is 5.66. The van der Waals surface area contributed by atoms with Gasteiger partial charge in [0.1, 0.15) is 0 Å². The standard InChI is InChI=1S/C6H3F12NO6S2/c7-3(8,9)1(4(10,11)12)24-26(20,21)19-27(22,23)25-2(5(13,14)15)6(16,17)18/h1-2,19H. The van der Waals surface area contributed by atoms with E-state index in [1.54, 1.807) is 0 Å². The maximum atomic E-state index is 12.1. The summed E-state index contributed by atoms with van der Waals surface area (Å²) in [5, 5.41) is 0. The van der Waals surface area contributed by atoms with Gasteiger partial charge in [-0.25, -0.2) is 8.37 Å². The number of rotatable bonds is 6. The third kappa shape index (κ3) is 8.66. The molecule has 27 heavy (non-hydrogen) atoms. The van der Waals surface area contributed by atoms with E-state index in [9.17, 15) is 69.5 Å².